The van der Waals surface area contributed by atoms with E-state index in [0.29, 0.717) is 5.69 Å². The van der Waals surface area contributed by atoms with E-state index in [0.717, 1.165) is 6.07 Å². The van der Waals surface area contributed by atoms with Crippen LogP contribution in [0, 0.1) is 6.92 Å². The fourth-order valence-electron chi connectivity index (χ4n) is 2.21. The number of aromatic nitrogens is 1. The van der Waals surface area contributed by atoms with Crippen molar-refractivity contribution in [1.29, 1.82) is 0 Å². The lowest BCUT2D eigenvalue weighted by atomic mass is 10.1. The molecule has 1 heterocycles. The molecule has 0 aliphatic rings. The topological polar surface area (TPSA) is 39.1 Å². The Morgan fingerprint density at radius 1 is 1.30 bits per heavy atom. The fourth-order valence-corrected chi connectivity index (χ4v) is 2.21. The molecule has 0 amide bonds. The molecule has 20 heavy (non-hydrogen) atoms. The number of halogens is 3. The van der Waals surface area contributed by atoms with Crippen LogP contribution >= 0.6 is 0 Å². The summed E-state index contributed by atoms with van der Waals surface area (Å²) < 4.78 is 40.5. The lowest BCUT2D eigenvalue weighted by Crippen LogP contribution is -2.19. The number of para-hydroxylation sites is 1. The molecule has 0 atom stereocenters. The molecule has 0 aliphatic heterocycles. The van der Waals surface area contributed by atoms with Crippen molar-refractivity contribution in [2.75, 3.05) is 0 Å². The molecule has 106 valence electrons. The van der Waals surface area contributed by atoms with Gasteiger partial charge in [-0.15, -0.1) is 0 Å². The molecule has 6 heteroatoms. The van der Waals surface area contributed by atoms with E-state index in [4.69, 9.17) is 0 Å². The van der Waals surface area contributed by atoms with Crippen LogP contribution in [-0.4, -0.2) is 10.4 Å². The Bertz CT molecular complexity index is 744. The molecule has 0 aliphatic carbocycles. The quantitative estimate of drug-likeness (QED) is 0.850. The van der Waals surface area contributed by atoms with Crippen LogP contribution in [0.15, 0.2) is 29.1 Å². The summed E-state index contributed by atoms with van der Waals surface area (Å²) in [5, 5.41) is -0.0355. The van der Waals surface area contributed by atoms with Crippen molar-refractivity contribution in [1.82, 2.24) is 4.57 Å². The maximum absolute atomic E-state index is 13.1. The molecule has 0 N–H and O–H groups in total. The number of hydrogen-bond acceptors (Lipinski definition) is 2. The number of aryl methyl sites for hydroxylation is 1. The highest BCUT2D eigenvalue weighted by molar-refractivity contribution is 5.85. The predicted octanol–water partition coefficient (Wildman–Crippen LogP) is 2.92. The monoisotopic (exact) mass is 283 g/mol. The van der Waals surface area contributed by atoms with E-state index in [9.17, 15) is 22.8 Å². The minimum absolute atomic E-state index is 0.0355. The van der Waals surface area contributed by atoms with Gasteiger partial charge in [0.05, 0.1) is 17.6 Å². The van der Waals surface area contributed by atoms with Crippen molar-refractivity contribution in [3.8, 4) is 0 Å². The Labute approximate surface area is 112 Å². The van der Waals surface area contributed by atoms with E-state index in [-0.39, 0.29) is 23.2 Å². The molecular weight excluding hydrogens is 271 g/mol. The molecule has 3 nitrogen and oxygen atoms in total. The zero-order valence-electron chi connectivity index (χ0n) is 10.9. The molecule has 1 aromatic heterocycles. The Kier molecular flexibility index (Phi) is 3.41. The molecular formula is C14H12F3NO2. The third kappa shape index (κ3) is 2.45. The van der Waals surface area contributed by atoms with Gasteiger partial charge in [0.1, 0.15) is 5.78 Å². The summed E-state index contributed by atoms with van der Waals surface area (Å²) in [5.41, 5.74) is -1.30. The average molecular weight is 283 g/mol. The van der Waals surface area contributed by atoms with Crippen LogP contribution in [0.1, 0.15) is 18.2 Å². The van der Waals surface area contributed by atoms with Crippen molar-refractivity contribution < 1.29 is 18.0 Å². The lowest BCUT2D eigenvalue weighted by Gasteiger charge is -2.17. The Balaban J connectivity index is 2.97. The van der Waals surface area contributed by atoms with Gasteiger partial charge in [0, 0.05) is 17.1 Å². The van der Waals surface area contributed by atoms with Gasteiger partial charge in [-0.05, 0) is 26.0 Å². The number of Topliss-reactive ketones (excluding diaryl/α,β-unsaturated/α-hetero) is 1. The van der Waals surface area contributed by atoms with Crippen LogP contribution in [0.3, 0.4) is 0 Å². The van der Waals surface area contributed by atoms with Crippen LogP contribution < -0.4 is 5.43 Å². The number of alkyl halides is 3. The number of benzene rings is 1. The number of fused-ring (bicyclic) bond motifs is 1. The van der Waals surface area contributed by atoms with Gasteiger partial charge < -0.3 is 4.57 Å². The van der Waals surface area contributed by atoms with Gasteiger partial charge in [0.15, 0.2) is 5.43 Å². The standard InChI is InChI=1S/C14H12F3NO2/c1-8-6-12(20)10-4-3-5-11(14(15,16)17)13(10)18(8)7-9(2)19/h3-6H,7H2,1-2H3. The number of carbonyl (C=O) groups excluding carboxylic acids is 1. The van der Waals surface area contributed by atoms with E-state index >= 15 is 0 Å². The smallest absolute Gasteiger partial charge is 0.337 e. The predicted molar refractivity (Wildman–Crippen MR) is 68.6 cm³/mol. The number of hydrogen-bond donors (Lipinski definition) is 0. The van der Waals surface area contributed by atoms with Gasteiger partial charge in [-0.25, -0.2) is 0 Å². The number of rotatable bonds is 2. The Morgan fingerprint density at radius 3 is 2.50 bits per heavy atom. The largest absolute Gasteiger partial charge is 0.418 e. The Hall–Kier alpha value is -2.11. The molecule has 0 spiro atoms. The molecule has 1 aromatic carbocycles. The van der Waals surface area contributed by atoms with Crippen molar-refractivity contribution in [2.45, 2.75) is 26.6 Å². The maximum Gasteiger partial charge on any atom is 0.418 e. The summed E-state index contributed by atoms with van der Waals surface area (Å²) >= 11 is 0. The number of ketones is 1. The van der Waals surface area contributed by atoms with Gasteiger partial charge in [-0.1, -0.05) is 6.07 Å². The first-order valence-electron chi connectivity index (χ1n) is 5.91. The second-order valence-electron chi connectivity index (χ2n) is 4.64. The second kappa shape index (κ2) is 4.77. The van der Waals surface area contributed by atoms with Crippen LogP contribution in [0.25, 0.3) is 10.9 Å². The van der Waals surface area contributed by atoms with E-state index < -0.39 is 17.2 Å². The fraction of sp³-hybridized carbons (Fsp3) is 0.286. The van der Waals surface area contributed by atoms with E-state index in [1.807, 2.05) is 0 Å². The van der Waals surface area contributed by atoms with E-state index in [1.54, 1.807) is 0 Å². The van der Waals surface area contributed by atoms with Gasteiger partial charge in [-0.2, -0.15) is 13.2 Å². The zero-order valence-corrected chi connectivity index (χ0v) is 10.9. The molecule has 0 unspecified atom stereocenters. The van der Waals surface area contributed by atoms with Crippen LogP contribution in [0.2, 0.25) is 0 Å². The van der Waals surface area contributed by atoms with Crippen molar-refractivity contribution in [3.05, 3.63) is 45.7 Å². The van der Waals surface area contributed by atoms with Gasteiger partial charge in [0.2, 0.25) is 0 Å². The lowest BCUT2D eigenvalue weighted by molar-refractivity contribution is -0.136. The van der Waals surface area contributed by atoms with E-state index in [1.165, 1.54) is 36.6 Å². The van der Waals surface area contributed by atoms with Crippen LogP contribution in [0.5, 0.6) is 0 Å². The minimum atomic E-state index is -4.59. The summed E-state index contributed by atoms with van der Waals surface area (Å²) in [7, 11) is 0. The highest BCUT2D eigenvalue weighted by atomic mass is 19.4. The number of nitrogens with zero attached hydrogens (tertiary/aromatic N) is 1. The van der Waals surface area contributed by atoms with Gasteiger partial charge in [0.25, 0.3) is 0 Å². The summed E-state index contributed by atoms with van der Waals surface area (Å²) in [4.78, 5) is 23.1. The first kappa shape index (κ1) is 14.3. The second-order valence-corrected chi connectivity index (χ2v) is 4.64. The summed E-state index contributed by atoms with van der Waals surface area (Å²) in [6, 6.07) is 4.69. The Morgan fingerprint density at radius 2 is 1.95 bits per heavy atom. The minimum Gasteiger partial charge on any atom is -0.337 e. The zero-order chi connectivity index (χ0) is 15.1. The van der Waals surface area contributed by atoms with Crippen molar-refractivity contribution >= 4 is 16.7 Å². The average Bonchev–Trinajstić information content (AvgIpc) is 2.32. The first-order chi connectivity index (χ1) is 9.21. The summed E-state index contributed by atoms with van der Waals surface area (Å²) in [6.07, 6.45) is -4.59. The number of carbonyl (C=O) groups is 1. The highest BCUT2D eigenvalue weighted by Crippen LogP contribution is 2.34. The molecule has 0 bridgehead atoms. The highest BCUT2D eigenvalue weighted by Gasteiger charge is 2.34. The van der Waals surface area contributed by atoms with Crippen LogP contribution in [0.4, 0.5) is 13.2 Å². The van der Waals surface area contributed by atoms with Crippen molar-refractivity contribution in [2.24, 2.45) is 0 Å². The molecule has 0 saturated heterocycles. The van der Waals surface area contributed by atoms with Gasteiger partial charge in [-0.3, -0.25) is 9.59 Å². The van der Waals surface area contributed by atoms with Gasteiger partial charge >= 0.3 is 6.18 Å². The maximum atomic E-state index is 13.1. The van der Waals surface area contributed by atoms with Crippen LogP contribution in [-0.2, 0) is 17.5 Å². The molecule has 2 rings (SSSR count). The number of pyridine rings is 1. The SMILES string of the molecule is CC(=O)Cn1c(C)cc(=O)c2cccc(C(F)(F)F)c21. The molecule has 2 aromatic rings. The summed E-state index contributed by atoms with van der Waals surface area (Å²) in [6.45, 7) is 2.60. The molecule has 0 radical (unpaired) electrons. The summed E-state index contributed by atoms with van der Waals surface area (Å²) in [5.74, 6) is -0.282. The molecule has 0 saturated carbocycles. The third-order valence-electron chi connectivity index (χ3n) is 3.02. The molecule has 0 fully saturated rings. The van der Waals surface area contributed by atoms with E-state index in [2.05, 4.69) is 0 Å². The normalized spacial score (nSPS) is 11.8. The third-order valence-corrected chi connectivity index (χ3v) is 3.02. The van der Waals surface area contributed by atoms with Crippen molar-refractivity contribution in [3.63, 3.8) is 0 Å². The first-order valence-corrected chi connectivity index (χ1v) is 5.91.